The van der Waals surface area contributed by atoms with Crippen LogP contribution in [-0.4, -0.2) is 6.21 Å². The van der Waals surface area contributed by atoms with Gasteiger partial charge in [-0.1, -0.05) is 41.2 Å². The first-order valence-corrected chi connectivity index (χ1v) is 5.04. The fourth-order valence-corrected chi connectivity index (χ4v) is 0.482. The molecular weight excluding hydrogens is 154 g/mol. The van der Waals surface area contributed by atoms with Gasteiger partial charge >= 0.3 is 0 Å². The molecule has 2 heteroatoms. The lowest BCUT2D eigenvalue weighted by Crippen LogP contribution is -1.59. The van der Waals surface area contributed by atoms with E-state index in [4.69, 9.17) is 0 Å². The standard InChI is InChI=1S/C5H9NS.2C2H6/c1-3-5-6-7-4-2;2*1-2/h4-5H,2-3H2,1H3;2*1-2H3/b6-5-;;. The highest BCUT2D eigenvalue weighted by molar-refractivity contribution is 8.00. The highest BCUT2D eigenvalue weighted by Crippen LogP contribution is 1.98. The summed E-state index contributed by atoms with van der Waals surface area (Å²) in [5, 5.41) is 1.70. The Kier molecular flexibility index (Phi) is 51.1. The van der Waals surface area contributed by atoms with Gasteiger partial charge in [-0.25, -0.2) is 4.40 Å². The molecule has 0 aliphatic heterocycles. The van der Waals surface area contributed by atoms with E-state index < -0.39 is 0 Å². The minimum atomic E-state index is 1.00. The molecular formula is C9H21NS. The summed E-state index contributed by atoms with van der Waals surface area (Å²) < 4.78 is 3.88. The number of rotatable bonds is 3. The molecule has 0 aliphatic rings. The van der Waals surface area contributed by atoms with E-state index in [2.05, 4.69) is 11.0 Å². The molecule has 0 radical (unpaired) electrons. The molecule has 0 aromatic heterocycles. The molecule has 0 unspecified atom stereocenters. The van der Waals surface area contributed by atoms with E-state index in [9.17, 15) is 0 Å². The average Bonchev–Trinajstić information content (AvgIpc) is 2.13. The lowest BCUT2D eigenvalue weighted by atomic mass is 10.6. The van der Waals surface area contributed by atoms with Crippen molar-refractivity contribution in [3.63, 3.8) is 0 Å². The topological polar surface area (TPSA) is 12.4 Å². The molecule has 0 atom stereocenters. The fourth-order valence-electron chi connectivity index (χ4n) is 0.161. The Morgan fingerprint density at radius 2 is 1.73 bits per heavy atom. The molecule has 0 aliphatic carbocycles. The first-order valence-electron chi connectivity index (χ1n) is 4.20. The minimum Gasteiger partial charge on any atom is -0.224 e. The van der Waals surface area contributed by atoms with Crippen LogP contribution in [0.5, 0.6) is 0 Å². The molecule has 0 aromatic carbocycles. The molecule has 11 heavy (non-hydrogen) atoms. The van der Waals surface area contributed by atoms with Crippen LogP contribution in [0.2, 0.25) is 0 Å². The predicted octanol–water partition coefficient (Wildman–Crippen LogP) is 4.31. The molecule has 0 amide bonds. The maximum atomic E-state index is 3.88. The van der Waals surface area contributed by atoms with E-state index >= 15 is 0 Å². The van der Waals surface area contributed by atoms with E-state index in [0.29, 0.717) is 0 Å². The normalized spacial score (nSPS) is 7.36. The second-order valence-electron chi connectivity index (χ2n) is 0.968. The SMILES string of the molecule is C=CS/N=C\CC.CC.CC. The Hall–Kier alpha value is -0.240. The zero-order chi connectivity index (χ0) is 9.54. The highest BCUT2D eigenvalue weighted by atomic mass is 32.2. The van der Waals surface area contributed by atoms with Gasteiger partial charge in [0.2, 0.25) is 0 Å². The van der Waals surface area contributed by atoms with E-state index in [0.717, 1.165) is 6.42 Å². The Morgan fingerprint density at radius 3 is 2.00 bits per heavy atom. The summed E-state index contributed by atoms with van der Waals surface area (Å²) in [5.74, 6) is 0. The summed E-state index contributed by atoms with van der Waals surface area (Å²) in [7, 11) is 0. The van der Waals surface area contributed by atoms with Crippen LogP contribution in [0.15, 0.2) is 16.4 Å². The summed E-state index contributed by atoms with van der Waals surface area (Å²) >= 11 is 1.37. The van der Waals surface area contributed by atoms with Gasteiger partial charge in [-0.15, -0.1) is 0 Å². The third kappa shape index (κ3) is 41.6. The summed E-state index contributed by atoms with van der Waals surface area (Å²) in [4.78, 5) is 0. The van der Waals surface area contributed by atoms with Gasteiger partial charge < -0.3 is 0 Å². The molecule has 0 heterocycles. The maximum Gasteiger partial charge on any atom is 0.0127 e. The lowest BCUT2D eigenvalue weighted by molar-refractivity contribution is 1.33. The molecule has 0 saturated carbocycles. The fraction of sp³-hybridized carbons (Fsp3) is 0.667. The van der Waals surface area contributed by atoms with Gasteiger partial charge in [0, 0.05) is 18.2 Å². The third-order valence-electron chi connectivity index (χ3n) is 0.393. The van der Waals surface area contributed by atoms with Gasteiger partial charge in [-0.3, -0.25) is 0 Å². The van der Waals surface area contributed by atoms with Crippen molar-refractivity contribution in [3.05, 3.63) is 12.0 Å². The van der Waals surface area contributed by atoms with Gasteiger partial charge in [0.1, 0.15) is 0 Å². The van der Waals surface area contributed by atoms with Crippen molar-refractivity contribution in [2.45, 2.75) is 41.0 Å². The van der Waals surface area contributed by atoms with Crippen LogP contribution in [0, 0.1) is 0 Å². The van der Waals surface area contributed by atoms with E-state index in [1.54, 1.807) is 5.41 Å². The van der Waals surface area contributed by atoms with E-state index in [-0.39, 0.29) is 0 Å². The number of hydrogen-bond acceptors (Lipinski definition) is 2. The van der Waals surface area contributed by atoms with Crippen LogP contribution in [0.3, 0.4) is 0 Å². The van der Waals surface area contributed by atoms with Gasteiger partial charge in [0.25, 0.3) is 0 Å². The van der Waals surface area contributed by atoms with Crippen LogP contribution >= 0.6 is 11.9 Å². The molecule has 0 spiro atoms. The van der Waals surface area contributed by atoms with Crippen molar-refractivity contribution in [2.24, 2.45) is 4.40 Å². The molecule has 0 bridgehead atoms. The smallest absolute Gasteiger partial charge is 0.0127 e. The van der Waals surface area contributed by atoms with E-state index in [1.165, 1.54) is 11.9 Å². The molecule has 0 rings (SSSR count). The largest absolute Gasteiger partial charge is 0.224 e. The highest BCUT2D eigenvalue weighted by Gasteiger charge is 1.64. The molecule has 0 aromatic rings. The Morgan fingerprint density at radius 1 is 1.27 bits per heavy atom. The van der Waals surface area contributed by atoms with Crippen LogP contribution in [-0.2, 0) is 0 Å². The number of hydrogen-bond donors (Lipinski definition) is 0. The summed E-state index contributed by atoms with van der Waals surface area (Å²) in [6.07, 6.45) is 2.85. The van der Waals surface area contributed by atoms with Gasteiger partial charge in [-0.2, -0.15) is 0 Å². The lowest BCUT2D eigenvalue weighted by Gasteiger charge is -1.75. The van der Waals surface area contributed by atoms with Crippen LogP contribution in [0.4, 0.5) is 0 Å². The van der Waals surface area contributed by atoms with Crippen LogP contribution in [0.1, 0.15) is 41.0 Å². The van der Waals surface area contributed by atoms with Gasteiger partial charge in [0.15, 0.2) is 0 Å². The minimum absolute atomic E-state index is 1.00. The zero-order valence-electron chi connectivity index (χ0n) is 8.42. The van der Waals surface area contributed by atoms with Crippen LogP contribution in [0.25, 0.3) is 0 Å². The molecule has 1 nitrogen and oxygen atoms in total. The summed E-state index contributed by atoms with van der Waals surface area (Å²) in [5.41, 5.74) is 0. The second-order valence-corrected chi connectivity index (χ2v) is 1.72. The Bertz CT molecular complexity index is 70.0. The molecule has 0 N–H and O–H groups in total. The average molecular weight is 175 g/mol. The van der Waals surface area contributed by atoms with Crippen molar-refractivity contribution in [1.82, 2.24) is 0 Å². The first kappa shape index (κ1) is 17.0. The van der Waals surface area contributed by atoms with Crippen molar-refractivity contribution >= 4 is 18.2 Å². The molecule has 68 valence electrons. The van der Waals surface area contributed by atoms with E-state index in [1.807, 2.05) is 40.8 Å². The van der Waals surface area contributed by atoms with Crippen molar-refractivity contribution in [3.8, 4) is 0 Å². The van der Waals surface area contributed by atoms with Crippen LogP contribution < -0.4 is 0 Å². The van der Waals surface area contributed by atoms with Crippen molar-refractivity contribution < 1.29 is 0 Å². The Balaban J connectivity index is -0.000000138. The third-order valence-corrected chi connectivity index (χ3v) is 0.812. The Labute approximate surface area is 76.1 Å². The number of nitrogens with zero attached hydrogens (tertiary/aromatic N) is 1. The van der Waals surface area contributed by atoms with Gasteiger partial charge in [0.05, 0.1) is 0 Å². The predicted molar refractivity (Wildman–Crippen MR) is 59.3 cm³/mol. The molecule has 0 saturated heterocycles. The van der Waals surface area contributed by atoms with Gasteiger partial charge in [-0.05, 0) is 11.8 Å². The second kappa shape index (κ2) is 33.1. The van der Waals surface area contributed by atoms with Crippen molar-refractivity contribution in [1.29, 1.82) is 0 Å². The monoisotopic (exact) mass is 175 g/mol. The molecule has 0 fully saturated rings. The quantitative estimate of drug-likeness (QED) is 0.460. The zero-order valence-corrected chi connectivity index (χ0v) is 9.24. The summed E-state index contributed by atoms with van der Waals surface area (Å²) in [6, 6.07) is 0. The summed E-state index contributed by atoms with van der Waals surface area (Å²) in [6.45, 7) is 13.5. The first-order chi connectivity index (χ1) is 5.41. The maximum absolute atomic E-state index is 3.88. The van der Waals surface area contributed by atoms with Crippen molar-refractivity contribution in [2.75, 3.05) is 0 Å².